The van der Waals surface area contributed by atoms with Crippen LogP contribution in [0, 0.1) is 0 Å². The third-order valence-electron chi connectivity index (χ3n) is 5.68. The molecule has 0 unspecified atom stereocenters. The van der Waals surface area contributed by atoms with Gasteiger partial charge in [0.2, 0.25) is 5.91 Å². The van der Waals surface area contributed by atoms with Crippen molar-refractivity contribution < 1.29 is 9.53 Å². The number of hydrogen-bond acceptors (Lipinski definition) is 4. The number of nitrogens with one attached hydrogen (secondary N) is 2. The second kappa shape index (κ2) is 8.32. The van der Waals surface area contributed by atoms with Crippen LogP contribution in [-0.4, -0.2) is 36.0 Å². The van der Waals surface area contributed by atoms with Crippen LogP contribution in [0.2, 0.25) is 0 Å². The molecule has 1 amide bonds. The molecule has 0 aliphatic carbocycles. The molecule has 2 aromatic carbocycles. The van der Waals surface area contributed by atoms with E-state index in [1.54, 1.807) is 13.2 Å². The van der Waals surface area contributed by atoms with Gasteiger partial charge in [0.1, 0.15) is 5.75 Å². The van der Waals surface area contributed by atoms with Gasteiger partial charge in [-0.05, 0) is 41.8 Å². The molecule has 1 aliphatic heterocycles. The lowest BCUT2D eigenvalue weighted by Crippen LogP contribution is -2.39. The molecule has 2 heterocycles. The number of pyridine rings is 1. The summed E-state index contributed by atoms with van der Waals surface area (Å²) < 4.78 is 5.26. The molecule has 6 heteroatoms. The van der Waals surface area contributed by atoms with Gasteiger partial charge in [-0.2, -0.15) is 0 Å². The molecular weight excluding hydrogens is 378 g/mol. The Morgan fingerprint density at radius 3 is 2.67 bits per heavy atom. The number of ether oxygens (including phenoxy) is 1. The predicted molar refractivity (Wildman–Crippen MR) is 119 cm³/mol. The van der Waals surface area contributed by atoms with Crippen LogP contribution >= 0.6 is 0 Å². The summed E-state index contributed by atoms with van der Waals surface area (Å²) in [5.41, 5.74) is 4.54. The van der Waals surface area contributed by atoms with Gasteiger partial charge in [0.15, 0.2) is 5.43 Å². The zero-order valence-corrected chi connectivity index (χ0v) is 17.6. The molecule has 2 N–H and O–H groups in total. The van der Waals surface area contributed by atoms with Gasteiger partial charge in [0, 0.05) is 47.4 Å². The minimum atomic E-state index is -0.0744. The molecular formula is C24H27N3O3. The van der Waals surface area contributed by atoms with Crippen molar-refractivity contribution in [2.45, 2.75) is 32.7 Å². The van der Waals surface area contributed by atoms with Crippen molar-refractivity contribution in [2.75, 3.05) is 25.5 Å². The Morgan fingerprint density at radius 1 is 1.20 bits per heavy atom. The Morgan fingerprint density at radius 2 is 1.97 bits per heavy atom. The molecule has 0 spiro atoms. The van der Waals surface area contributed by atoms with Crippen molar-refractivity contribution >= 4 is 22.5 Å². The quantitative estimate of drug-likeness (QED) is 0.679. The maximum absolute atomic E-state index is 13.0. The normalized spacial score (nSPS) is 14.0. The van der Waals surface area contributed by atoms with E-state index in [2.05, 4.69) is 24.1 Å². The van der Waals surface area contributed by atoms with Gasteiger partial charge in [-0.3, -0.25) is 14.5 Å². The van der Waals surface area contributed by atoms with E-state index in [1.807, 2.05) is 41.3 Å². The molecule has 3 aromatic rings. The van der Waals surface area contributed by atoms with E-state index in [4.69, 9.17) is 4.74 Å². The monoisotopic (exact) mass is 405 g/mol. The highest BCUT2D eigenvalue weighted by atomic mass is 16.5. The number of carbonyl (C=O) groups is 1. The van der Waals surface area contributed by atoms with Crippen LogP contribution in [0.4, 0.5) is 5.69 Å². The van der Waals surface area contributed by atoms with Crippen molar-refractivity contribution in [3.05, 3.63) is 69.5 Å². The molecule has 0 atom stereocenters. The molecule has 0 saturated carbocycles. The van der Waals surface area contributed by atoms with Crippen LogP contribution in [0.1, 0.15) is 36.6 Å². The largest absolute Gasteiger partial charge is 0.497 e. The zero-order valence-electron chi connectivity index (χ0n) is 17.6. The Hall–Kier alpha value is -3.12. The first kappa shape index (κ1) is 20.2. The molecule has 30 heavy (non-hydrogen) atoms. The van der Waals surface area contributed by atoms with Gasteiger partial charge < -0.3 is 15.0 Å². The number of amides is 1. The van der Waals surface area contributed by atoms with Crippen LogP contribution < -0.4 is 15.5 Å². The number of anilines is 1. The van der Waals surface area contributed by atoms with Crippen LogP contribution in [0.5, 0.6) is 5.75 Å². The molecule has 156 valence electrons. The summed E-state index contributed by atoms with van der Waals surface area (Å²) in [6, 6.07) is 13.4. The van der Waals surface area contributed by atoms with E-state index in [-0.39, 0.29) is 17.9 Å². The van der Waals surface area contributed by atoms with Gasteiger partial charge in [-0.25, -0.2) is 0 Å². The first-order chi connectivity index (χ1) is 14.4. The van der Waals surface area contributed by atoms with Crippen LogP contribution in [0.25, 0.3) is 10.9 Å². The topological polar surface area (TPSA) is 74.4 Å². The lowest BCUT2D eigenvalue weighted by Gasteiger charge is -2.28. The summed E-state index contributed by atoms with van der Waals surface area (Å²) in [7, 11) is 1.59. The second-order valence-electron chi connectivity index (χ2n) is 8.11. The van der Waals surface area contributed by atoms with Crippen molar-refractivity contribution in [3.8, 4) is 5.75 Å². The van der Waals surface area contributed by atoms with E-state index in [0.717, 1.165) is 29.0 Å². The lowest BCUT2D eigenvalue weighted by atomic mass is 10.0. The smallest absolute Gasteiger partial charge is 0.238 e. The number of methoxy groups -OCH3 is 1. The van der Waals surface area contributed by atoms with Gasteiger partial charge >= 0.3 is 0 Å². The summed E-state index contributed by atoms with van der Waals surface area (Å²) in [4.78, 5) is 31.0. The Bertz CT molecular complexity index is 1130. The number of aromatic nitrogens is 1. The van der Waals surface area contributed by atoms with E-state index in [1.165, 1.54) is 5.56 Å². The first-order valence-corrected chi connectivity index (χ1v) is 10.3. The third kappa shape index (κ3) is 4.09. The fourth-order valence-electron chi connectivity index (χ4n) is 3.93. The lowest BCUT2D eigenvalue weighted by molar-refractivity contribution is -0.117. The highest BCUT2D eigenvalue weighted by Gasteiger charge is 2.22. The molecule has 1 aromatic heterocycles. The number of nitrogens with zero attached hydrogens (tertiary/aromatic N) is 1. The number of benzene rings is 2. The highest BCUT2D eigenvalue weighted by Crippen LogP contribution is 2.22. The van der Waals surface area contributed by atoms with E-state index >= 15 is 0 Å². The van der Waals surface area contributed by atoms with Crippen LogP contribution in [-0.2, 0) is 17.8 Å². The summed E-state index contributed by atoms with van der Waals surface area (Å²) in [5.74, 6) is 1.04. The Balaban J connectivity index is 1.47. The van der Waals surface area contributed by atoms with Gasteiger partial charge in [0.25, 0.3) is 0 Å². The maximum atomic E-state index is 13.0. The predicted octanol–water partition coefficient (Wildman–Crippen LogP) is 3.66. The fraction of sp³-hybridized carbons (Fsp3) is 0.333. The molecule has 0 fully saturated rings. The average Bonchev–Trinajstić information content (AvgIpc) is 2.74. The average molecular weight is 405 g/mol. The highest BCUT2D eigenvalue weighted by molar-refractivity contribution is 5.92. The number of rotatable bonds is 5. The van der Waals surface area contributed by atoms with Gasteiger partial charge in [0.05, 0.1) is 13.7 Å². The minimum Gasteiger partial charge on any atom is -0.497 e. The zero-order chi connectivity index (χ0) is 21.3. The number of aromatic amines is 1. The minimum absolute atomic E-state index is 0.00651. The molecule has 0 saturated heterocycles. The summed E-state index contributed by atoms with van der Waals surface area (Å²) in [6.45, 7) is 5.72. The molecule has 4 rings (SSSR count). The van der Waals surface area contributed by atoms with Crippen molar-refractivity contribution in [1.29, 1.82) is 0 Å². The summed E-state index contributed by atoms with van der Waals surface area (Å²) in [6.07, 6.45) is 0.711. The Kier molecular flexibility index (Phi) is 5.59. The number of carbonyl (C=O) groups excluding carboxylic acids is 1. The SMILES string of the molecule is COc1ccc2[nH]c3c(c(=O)c2c1)CN(CC(=O)Nc1ccc(C(C)C)cc1)CC3. The summed E-state index contributed by atoms with van der Waals surface area (Å²) >= 11 is 0. The van der Waals surface area contributed by atoms with Crippen molar-refractivity contribution in [2.24, 2.45) is 0 Å². The molecule has 1 aliphatic rings. The third-order valence-corrected chi connectivity index (χ3v) is 5.68. The second-order valence-corrected chi connectivity index (χ2v) is 8.11. The van der Waals surface area contributed by atoms with Gasteiger partial charge in [-0.15, -0.1) is 0 Å². The van der Waals surface area contributed by atoms with Crippen LogP contribution in [0.15, 0.2) is 47.3 Å². The van der Waals surface area contributed by atoms with E-state index in [0.29, 0.717) is 30.0 Å². The molecule has 0 radical (unpaired) electrons. The molecule has 0 bridgehead atoms. The summed E-state index contributed by atoms with van der Waals surface area (Å²) in [5, 5.41) is 3.57. The van der Waals surface area contributed by atoms with E-state index in [9.17, 15) is 9.59 Å². The van der Waals surface area contributed by atoms with Crippen molar-refractivity contribution in [3.63, 3.8) is 0 Å². The standard InChI is InChI=1S/C24H27N3O3/c1-15(2)16-4-6-17(7-5-16)25-23(28)14-27-11-10-22-20(13-27)24(29)19-12-18(30-3)8-9-21(19)26-22/h4-9,12,15H,10-11,13-14H2,1-3H3,(H,25,28)(H,26,29). The molecule has 6 nitrogen and oxygen atoms in total. The first-order valence-electron chi connectivity index (χ1n) is 10.3. The number of fused-ring (bicyclic) bond motifs is 2. The number of hydrogen-bond donors (Lipinski definition) is 2. The Labute approximate surface area is 175 Å². The maximum Gasteiger partial charge on any atom is 0.238 e. The van der Waals surface area contributed by atoms with Gasteiger partial charge in [-0.1, -0.05) is 26.0 Å². The fourth-order valence-corrected chi connectivity index (χ4v) is 3.93. The number of H-pyrrole nitrogens is 1. The van der Waals surface area contributed by atoms with Crippen molar-refractivity contribution in [1.82, 2.24) is 9.88 Å². The van der Waals surface area contributed by atoms with E-state index < -0.39 is 0 Å². The van der Waals surface area contributed by atoms with Crippen LogP contribution in [0.3, 0.4) is 0 Å².